The first-order chi connectivity index (χ1) is 16.5. The summed E-state index contributed by atoms with van der Waals surface area (Å²) in [4.78, 5) is 28.3. The van der Waals surface area contributed by atoms with Gasteiger partial charge in [0.25, 0.3) is 5.91 Å². The lowest BCUT2D eigenvalue weighted by molar-refractivity contribution is -0.147. The van der Waals surface area contributed by atoms with Crippen molar-refractivity contribution in [3.63, 3.8) is 0 Å². The fourth-order valence-electron chi connectivity index (χ4n) is 3.60. The minimum atomic E-state index is -4.61. The van der Waals surface area contributed by atoms with Crippen molar-refractivity contribution in [1.82, 2.24) is 24.5 Å². The average molecular weight is 493 g/mol. The Balaban J connectivity index is 1.61. The van der Waals surface area contributed by atoms with E-state index < -0.39 is 30.2 Å². The Bertz CT molecular complexity index is 1190. The molecule has 0 atom stereocenters. The summed E-state index contributed by atoms with van der Waals surface area (Å²) in [6, 6.07) is 2.83. The minimum absolute atomic E-state index is 0.0378. The molecule has 1 aromatic carbocycles. The van der Waals surface area contributed by atoms with Crippen LogP contribution in [0, 0.1) is 19.8 Å². The number of rotatable bonds is 9. The molecule has 3 aromatic rings. The van der Waals surface area contributed by atoms with E-state index in [1.807, 2.05) is 18.5 Å². The van der Waals surface area contributed by atoms with Crippen LogP contribution < -0.4 is 5.32 Å². The number of amides is 1. The van der Waals surface area contributed by atoms with Crippen molar-refractivity contribution in [2.45, 2.75) is 53.3 Å². The first-order valence-corrected chi connectivity index (χ1v) is 11.0. The smallest absolute Gasteiger partial charge is 0.416 e. The van der Waals surface area contributed by atoms with Crippen LogP contribution in [0.3, 0.4) is 0 Å². The van der Waals surface area contributed by atoms with E-state index in [2.05, 4.69) is 34.3 Å². The molecule has 0 aliphatic rings. The van der Waals surface area contributed by atoms with Gasteiger partial charge in [-0.1, -0.05) is 13.8 Å². The van der Waals surface area contributed by atoms with Crippen LogP contribution in [-0.4, -0.2) is 43.0 Å². The fraction of sp³-hybridized carbons (Fsp3) is 0.435. The van der Waals surface area contributed by atoms with Crippen LogP contribution in [0.25, 0.3) is 5.69 Å². The topological polar surface area (TPSA) is 104 Å². The van der Waals surface area contributed by atoms with Crippen LogP contribution >= 0.6 is 0 Å². The minimum Gasteiger partial charge on any atom is -0.456 e. The first kappa shape index (κ1) is 25.9. The number of halogens is 3. The average Bonchev–Trinajstić information content (AvgIpc) is 3.39. The monoisotopic (exact) mass is 492 g/mol. The molecule has 0 fully saturated rings. The molecule has 12 heteroatoms. The van der Waals surface area contributed by atoms with Crippen molar-refractivity contribution in [3.8, 4) is 5.69 Å². The van der Waals surface area contributed by atoms with E-state index in [9.17, 15) is 22.8 Å². The lowest BCUT2D eigenvalue weighted by atomic mass is 10.1. The zero-order valence-electron chi connectivity index (χ0n) is 19.9. The van der Waals surface area contributed by atoms with Crippen LogP contribution in [0.15, 0.2) is 30.9 Å². The molecule has 35 heavy (non-hydrogen) atoms. The Morgan fingerprint density at radius 3 is 2.57 bits per heavy atom. The molecule has 9 nitrogen and oxygen atoms in total. The van der Waals surface area contributed by atoms with Crippen LogP contribution in [0.4, 0.5) is 18.9 Å². The zero-order chi connectivity index (χ0) is 25.8. The van der Waals surface area contributed by atoms with Gasteiger partial charge in [-0.2, -0.15) is 23.4 Å². The number of ether oxygens (including phenoxy) is 1. The number of nitrogens with one attached hydrogen (secondary N) is 1. The number of anilines is 1. The highest BCUT2D eigenvalue weighted by Crippen LogP contribution is 2.33. The van der Waals surface area contributed by atoms with Gasteiger partial charge >= 0.3 is 12.1 Å². The Morgan fingerprint density at radius 2 is 1.94 bits per heavy atom. The van der Waals surface area contributed by atoms with Gasteiger partial charge in [0, 0.05) is 18.7 Å². The molecule has 188 valence electrons. The third kappa shape index (κ3) is 6.67. The number of hydrogen-bond donors (Lipinski definition) is 1. The standard InChI is InChI=1S/C23H27F3N6O3/c1-14(2)10-31-16(4)18(15(3)30-31)6-8-22(34)35-11-21(33)29-19-9-17(23(24,25)26)5-7-20(19)32-13-27-12-28-32/h5,7,9,12-14H,6,8,10-11H2,1-4H3,(H,29,33). The normalized spacial score (nSPS) is 11.7. The number of alkyl halides is 3. The van der Waals surface area contributed by atoms with Crippen molar-refractivity contribution in [1.29, 1.82) is 0 Å². The molecule has 0 aliphatic carbocycles. The van der Waals surface area contributed by atoms with Gasteiger partial charge in [-0.25, -0.2) is 9.67 Å². The number of aryl methyl sites for hydroxylation is 1. The Hall–Kier alpha value is -3.70. The van der Waals surface area contributed by atoms with Gasteiger partial charge in [0.05, 0.1) is 22.6 Å². The summed E-state index contributed by atoms with van der Waals surface area (Å²) in [6.07, 6.45) is -1.67. The van der Waals surface area contributed by atoms with E-state index in [0.29, 0.717) is 12.3 Å². The number of aromatic nitrogens is 5. The molecule has 0 aliphatic heterocycles. The molecule has 0 saturated heterocycles. The summed E-state index contributed by atoms with van der Waals surface area (Å²) in [5.41, 5.74) is 1.85. The molecule has 2 heterocycles. The van der Waals surface area contributed by atoms with E-state index in [1.165, 1.54) is 23.4 Å². The highest BCUT2D eigenvalue weighted by Gasteiger charge is 2.31. The summed E-state index contributed by atoms with van der Waals surface area (Å²) in [7, 11) is 0. The Kier molecular flexibility index (Phi) is 7.92. The van der Waals surface area contributed by atoms with Crippen molar-refractivity contribution >= 4 is 17.6 Å². The van der Waals surface area contributed by atoms with Crippen LogP contribution in [0.2, 0.25) is 0 Å². The number of nitrogens with zero attached hydrogens (tertiary/aromatic N) is 5. The number of hydrogen-bond acceptors (Lipinski definition) is 6. The van der Waals surface area contributed by atoms with Crippen LogP contribution in [-0.2, 0) is 33.5 Å². The molecular formula is C23H27F3N6O3. The second kappa shape index (κ2) is 10.7. The molecule has 0 radical (unpaired) electrons. The molecular weight excluding hydrogens is 465 g/mol. The molecule has 2 aromatic heterocycles. The van der Waals surface area contributed by atoms with Gasteiger partial charge < -0.3 is 10.1 Å². The van der Waals surface area contributed by atoms with E-state index in [1.54, 1.807) is 0 Å². The maximum Gasteiger partial charge on any atom is 0.416 e. The first-order valence-electron chi connectivity index (χ1n) is 11.0. The predicted molar refractivity (Wildman–Crippen MR) is 121 cm³/mol. The van der Waals surface area contributed by atoms with Gasteiger partial charge in [-0.3, -0.25) is 14.3 Å². The fourth-order valence-corrected chi connectivity index (χ4v) is 3.60. The zero-order valence-corrected chi connectivity index (χ0v) is 19.9. The number of carbonyl (C=O) groups excluding carboxylic acids is 2. The molecule has 0 saturated carbocycles. The summed E-state index contributed by atoms with van der Waals surface area (Å²) >= 11 is 0. The maximum atomic E-state index is 13.2. The maximum absolute atomic E-state index is 13.2. The van der Waals surface area contributed by atoms with Crippen molar-refractivity contribution in [2.75, 3.05) is 11.9 Å². The lowest BCUT2D eigenvalue weighted by Crippen LogP contribution is -2.22. The number of benzene rings is 1. The van der Waals surface area contributed by atoms with E-state index >= 15 is 0 Å². The number of carbonyl (C=O) groups is 2. The van der Waals surface area contributed by atoms with Gasteiger partial charge in [0.2, 0.25) is 0 Å². The lowest BCUT2D eigenvalue weighted by Gasteiger charge is -2.14. The number of esters is 1. The molecule has 3 rings (SSSR count). The van der Waals surface area contributed by atoms with Crippen molar-refractivity contribution in [2.24, 2.45) is 5.92 Å². The molecule has 0 unspecified atom stereocenters. The van der Waals surface area contributed by atoms with Crippen LogP contribution in [0.5, 0.6) is 0 Å². The Morgan fingerprint density at radius 1 is 1.20 bits per heavy atom. The van der Waals surface area contributed by atoms with Gasteiger partial charge in [0.1, 0.15) is 12.7 Å². The molecule has 1 amide bonds. The third-order valence-corrected chi connectivity index (χ3v) is 5.28. The van der Waals surface area contributed by atoms with Crippen LogP contribution in [0.1, 0.15) is 42.8 Å². The van der Waals surface area contributed by atoms with E-state index in [-0.39, 0.29) is 17.8 Å². The highest BCUT2D eigenvalue weighted by atomic mass is 19.4. The molecule has 0 spiro atoms. The van der Waals surface area contributed by atoms with Gasteiger partial charge in [0.15, 0.2) is 6.61 Å². The van der Waals surface area contributed by atoms with Crippen molar-refractivity contribution in [3.05, 3.63) is 53.4 Å². The van der Waals surface area contributed by atoms with E-state index in [4.69, 9.17) is 4.74 Å². The molecule has 0 bridgehead atoms. The summed E-state index contributed by atoms with van der Waals surface area (Å²) in [5.74, 6) is -0.960. The summed E-state index contributed by atoms with van der Waals surface area (Å²) in [5, 5.41) is 10.8. The van der Waals surface area contributed by atoms with Gasteiger partial charge in [-0.05, 0) is 49.9 Å². The highest BCUT2D eigenvalue weighted by molar-refractivity contribution is 5.94. The SMILES string of the molecule is Cc1nn(CC(C)C)c(C)c1CCC(=O)OCC(=O)Nc1cc(C(F)(F)F)ccc1-n1cncn1. The second-order valence-electron chi connectivity index (χ2n) is 8.50. The summed E-state index contributed by atoms with van der Waals surface area (Å²) < 4.78 is 47.6. The molecule has 1 N–H and O–H groups in total. The predicted octanol–water partition coefficient (Wildman–Crippen LogP) is 3.87. The van der Waals surface area contributed by atoms with Crippen molar-refractivity contribution < 1.29 is 27.5 Å². The largest absolute Gasteiger partial charge is 0.456 e. The second-order valence-corrected chi connectivity index (χ2v) is 8.50. The van der Waals surface area contributed by atoms with E-state index in [0.717, 1.165) is 35.6 Å². The third-order valence-electron chi connectivity index (χ3n) is 5.28. The Labute approximate surface area is 200 Å². The van der Waals surface area contributed by atoms with Gasteiger partial charge in [-0.15, -0.1) is 0 Å². The quantitative estimate of drug-likeness (QED) is 0.455. The summed E-state index contributed by atoms with van der Waals surface area (Å²) in [6.45, 7) is 8.12.